The highest BCUT2D eigenvalue weighted by atomic mass is 16.3. The normalized spacial score (nSPS) is 11.7. The molecule has 15 rings (SSSR count). The Balaban J connectivity index is 0.000000127. The van der Waals surface area contributed by atoms with Gasteiger partial charge < -0.3 is 13.3 Å². The van der Waals surface area contributed by atoms with Crippen LogP contribution in [-0.2, 0) is 21.1 Å². The molecule has 0 spiro atoms. The Kier molecular flexibility index (Phi) is 16.5. The van der Waals surface area contributed by atoms with E-state index in [-0.39, 0.29) is 0 Å². The highest BCUT2D eigenvalue weighted by molar-refractivity contribution is 6.11. The van der Waals surface area contributed by atoms with Gasteiger partial charge in [-0.05, 0) is 163 Å². The van der Waals surface area contributed by atoms with Gasteiger partial charge in [0.2, 0.25) is 34.2 Å². The summed E-state index contributed by atoms with van der Waals surface area (Å²) in [5.74, 6) is 1.59. The number of nitrogens with zero attached hydrogens (tertiary/aromatic N) is 6. The molecule has 0 saturated heterocycles. The molecule has 0 unspecified atom stereocenters. The molecule has 0 fully saturated rings. The standard InChI is InChI=1S/3C28H27N2O/c1-17(2)20-8-10-21(11-9-20)22-12-15-25(30(5)16-22)26-18(3)6-13-23-24-14-7-19(4)29-28(24)31-27(23)26;1-17(2)20-8-10-21(11-9-20)22-14-15-30(5)25(16-22)26-18(3)6-12-23-24-13-7-19(4)29-28(24)31-27(23)26;1-17(2)20-10-12-21(13-11-20)22-7-6-16-30(5)26(22)25-18(3)8-14-23-24-15-9-19(4)29-28(24)31-27(23)25/h3*6-17H,1-5H3/q3*+1. The van der Waals surface area contributed by atoms with Gasteiger partial charge in [-0.3, -0.25) is 0 Å². The molecule has 0 atom stereocenters. The van der Waals surface area contributed by atoms with E-state index < -0.39 is 0 Å². The molecular weight excluding hydrogens is 1140 g/mol. The first-order chi connectivity index (χ1) is 44.8. The average molecular weight is 1220 g/mol. The van der Waals surface area contributed by atoms with Gasteiger partial charge in [-0.1, -0.05) is 151 Å². The minimum atomic E-state index is 0.517. The summed E-state index contributed by atoms with van der Waals surface area (Å²) in [6.45, 7) is 25.8. The lowest BCUT2D eigenvalue weighted by Crippen LogP contribution is -2.31. The summed E-state index contributed by atoms with van der Waals surface area (Å²) in [7, 11) is 6.29. The monoisotopic (exact) mass is 1220 g/mol. The number of hydrogen-bond acceptors (Lipinski definition) is 6. The van der Waals surface area contributed by atoms with Gasteiger partial charge in [0.15, 0.2) is 35.3 Å². The van der Waals surface area contributed by atoms with Gasteiger partial charge >= 0.3 is 0 Å². The van der Waals surface area contributed by atoms with Crippen molar-refractivity contribution in [2.45, 2.75) is 101 Å². The van der Waals surface area contributed by atoms with Crippen molar-refractivity contribution in [2.75, 3.05) is 0 Å². The topological polar surface area (TPSA) is 89.7 Å². The van der Waals surface area contributed by atoms with Gasteiger partial charge in [0.05, 0.1) is 22.3 Å². The molecule has 93 heavy (non-hydrogen) atoms. The molecule has 9 nitrogen and oxygen atoms in total. The van der Waals surface area contributed by atoms with Gasteiger partial charge in [-0.15, -0.1) is 0 Å². The van der Waals surface area contributed by atoms with Crippen molar-refractivity contribution < 1.29 is 27.0 Å². The number of pyridine rings is 6. The molecule has 0 aliphatic rings. The largest absolute Gasteiger partial charge is 0.437 e. The van der Waals surface area contributed by atoms with E-state index in [4.69, 9.17) is 13.3 Å². The van der Waals surface area contributed by atoms with Crippen LogP contribution in [0.5, 0.6) is 0 Å². The maximum absolute atomic E-state index is 6.37. The zero-order chi connectivity index (χ0) is 65.1. The van der Waals surface area contributed by atoms with Gasteiger partial charge in [0.1, 0.15) is 21.1 Å². The van der Waals surface area contributed by atoms with Crippen LogP contribution in [0.4, 0.5) is 0 Å². The van der Waals surface area contributed by atoms with Crippen molar-refractivity contribution in [1.82, 2.24) is 15.0 Å². The van der Waals surface area contributed by atoms with Crippen LogP contribution >= 0.6 is 0 Å². The predicted octanol–water partition coefficient (Wildman–Crippen LogP) is 20.6. The third kappa shape index (κ3) is 11.8. The Morgan fingerprint density at radius 2 is 0.710 bits per heavy atom. The van der Waals surface area contributed by atoms with Crippen LogP contribution < -0.4 is 13.7 Å². The number of hydrogen-bond donors (Lipinski definition) is 0. The predicted molar refractivity (Wildman–Crippen MR) is 381 cm³/mol. The highest BCUT2D eigenvalue weighted by Gasteiger charge is 2.27. The van der Waals surface area contributed by atoms with Gasteiger partial charge in [-0.25, -0.2) is 28.7 Å². The first-order valence-electron chi connectivity index (χ1n) is 32.5. The van der Waals surface area contributed by atoms with Crippen molar-refractivity contribution in [3.8, 4) is 67.2 Å². The van der Waals surface area contributed by atoms with Crippen LogP contribution in [0.1, 0.15) is 110 Å². The molecular formula is C84H81N6O3+3. The Morgan fingerprint density at radius 1 is 0.323 bits per heavy atom. The smallest absolute Gasteiger partial charge is 0.227 e. The summed E-state index contributed by atoms with van der Waals surface area (Å²) in [6.07, 6.45) is 6.43. The number of fused-ring (bicyclic) bond motifs is 9. The van der Waals surface area contributed by atoms with Crippen LogP contribution in [0, 0.1) is 41.5 Å². The first-order valence-corrected chi connectivity index (χ1v) is 32.5. The maximum Gasteiger partial charge on any atom is 0.227 e. The minimum absolute atomic E-state index is 0.517. The van der Waals surface area contributed by atoms with E-state index in [2.05, 4.69) is 294 Å². The van der Waals surface area contributed by atoms with Crippen LogP contribution in [0.3, 0.4) is 0 Å². The van der Waals surface area contributed by atoms with Crippen LogP contribution in [-0.4, -0.2) is 15.0 Å². The van der Waals surface area contributed by atoms with E-state index in [9.17, 15) is 0 Å². The summed E-state index contributed by atoms with van der Waals surface area (Å²) in [4.78, 5) is 13.8. The Bertz CT molecular complexity index is 5340. The molecule has 0 saturated carbocycles. The average Bonchev–Trinajstić information content (AvgIpc) is 1.66. The van der Waals surface area contributed by atoms with E-state index in [1.807, 2.05) is 39.0 Å². The fourth-order valence-electron chi connectivity index (χ4n) is 13.0. The highest BCUT2D eigenvalue weighted by Crippen LogP contribution is 2.42. The molecule has 9 aromatic heterocycles. The zero-order valence-corrected chi connectivity index (χ0v) is 56.2. The van der Waals surface area contributed by atoms with Crippen molar-refractivity contribution in [3.05, 3.63) is 251 Å². The summed E-state index contributed by atoms with van der Waals surface area (Å²) >= 11 is 0. The quantitative estimate of drug-likeness (QED) is 0.134. The Labute approximate surface area is 545 Å². The fraction of sp³-hybridized carbons (Fsp3) is 0.214. The maximum atomic E-state index is 6.37. The number of benzene rings is 6. The van der Waals surface area contributed by atoms with Gasteiger partial charge in [0, 0.05) is 79.2 Å². The van der Waals surface area contributed by atoms with Gasteiger partial charge in [0.25, 0.3) is 0 Å². The third-order valence-corrected chi connectivity index (χ3v) is 18.5. The Hall–Kier alpha value is -10.4. The summed E-state index contributed by atoms with van der Waals surface area (Å²) in [5, 5.41) is 6.50. The summed E-state index contributed by atoms with van der Waals surface area (Å²) in [5.41, 5.74) is 29.3. The molecule has 6 aromatic carbocycles. The molecule has 0 amide bonds. The first kappa shape index (κ1) is 61.5. The molecule has 0 bridgehead atoms. The molecule has 9 heterocycles. The van der Waals surface area contributed by atoms with E-state index in [0.717, 1.165) is 99.9 Å². The lowest BCUT2D eigenvalue weighted by atomic mass is 9.93. The molecule has 0 aliphatic carbocycles. The number of furan rings is 3. The lowest BCUT2D eigenvalue weighted by Gasteiger charge is -2.12. The molecule has 15 aromatic rings. The summed E-state index contributed by atoms with van der Waals surface area (Å²) in [6, 6.07) is 65.2. The minimum Gasteiger partial charge on any atom is -0.437 e. The molecule has 0 aliphatic heterocycles. The van der Waals surface area contributed by atoms with Crippen LogP contribution in [0.2, 0.25) is 0 Å². The van der Waals surface area contributed by atoms with Crippen molar-refractivity contribution in [3.63, 3.8) is 0 Å². The van der Waals surface area contributed by atoms with Crippen molar-refractivity contribution in [2.24, 2.45) is 21.1 Å². The third-order valence-electron chi connectivity index (χ3n) is 18.5. The number of aromatic nitrogens is 6. The second-order valence-corrected chi connectivity index (χ2v) is 26.2. The van der Waals surface area contributed by atoms with Crippen molar-refractivity contribution in [1.29, 1.82) is 0 Å². The van der Waals surface area contributed by atoms with Gasteiger partial charge in [-0.2, -0.15) is 0 Å². The zero-order valence-electron chi connectivity index (χ0n) is 56.2. The molecule has 462 valence electrons. The lowest BCUT2D eigenvalue weighted by molar-refractivity contribution is -0.660. The van der Waals surface area contributed by atoms with Crippen LogP contribution in [0.25, 0.3) is 133 Å². The fourth-order valence-corrected chi connectivity index (χ4v) is 13.0. The van der Waals surface area contributed by atoms with E-state index >= 15 is 0 Å². The van der Waals surface area contributed by atoms with Crippen LogP contribution in [0.15, 0.2) is 214 Å². The van der Waals surface area contributed by atoms with E-state index in [1.54, 1.807) is 0 Å². The second-order valence-electron chi connectivity index (χ2n) is 26.2. The Morgan fingerprint density at radius 3 is 1.15 bits per heavy atom. The number of aryl methyl sites for hydroxylation is 9. The number of rotatable bonds is 9. The summed E-state index contributed by atoms with van der Waals surface area (Å²) < 4.78 is 25.5. The molecule has 0 N–H and O–H groups in total. The van der Waals surface area contributed by atoms with E-state index in [1.165, 1.54) is 66.8 Å². The molecule has 9 heteroatoms. The van der Waals surface area contributed by atoms with E-state index in [0.29, 0.717) is 34.9 Å². The second kappa shape index (κ2) is 25.0. The van der Waals surface area contributed by atoms with Crippen molar-refractivity contribution >= 4 is 66.2 Å². The SMILES string of the molecule is Cc1ccc2c(n1)oc1c(-c3c(-c4ccc(C(C)C)cc4)ccc[n+]3C)c(C)ccc12.Cc1ccc2c(n1)oc1c(-c3cc(-c4ccc(C(C)C)cc4)cc[n+]3C)c(C)ccc12.Cc1ccc2c(n1)oc1c(-c3ccc(-c4ccc(C(C)C)cc4)c[n+]3C)c(C)ccc12. The molecule has 0 radical (unpaired) electrons.